The molecule has 1 heterocycles. The van der Waals surface area contributed by atoms with Gasteiger partial charge >= 0.3 is 0 Å². The molecule has 5 heteroatoms. The molecule has 1 amide bonds. The third kappa shape index (κ3) is 2.78. The molecule has 112 valence electrons. The highest BCUT2D eigenvalue weighted by atomic mass is 16.3. The molecule has 0 aliphatic heterocycles. The second-order valence-electron chi connectivity index (χ2n) is 5.13. The number of carbonyl (C=O) groups excluding carboxylic acids is 1. The molecule has 1 atom stereocenters. The summed E-state index contributed by atoms with van der Waals surface area (Å²) in [4.78, 5) is 11.9. The van der Waals surface area contributed by atoms with Crippen molar-refractivity contribution < 1.29 is 9.90 Å². The molecule has 0 aliphatic rings. The molecule has 0 saturated carbocycles. The van der Waals surface area contributed by atoms with E-state index in [2.05, 4.69) is 11.9 Å². The highest BCUT2D eigenvalue weighted by Gasteiger charge is 2.33. The lowest BCUT2D eigenvalue weighted by Gasteiger charge is -2.29. The van der Waals surface area contributed by atoms with Crippen LogP contribution in [0.4, 0.5) is 0 Å². The fourth-order valence-corrected chi connectivity index (χ4v) is 2.43. The van der Waals surface area contributed by atoms with Crippen molar-refractivity contribution >= 4 is 16.8 Å². The Morgan fingerprint density at radius 3 is 2.86 bits per heavy atom. The van der Waals surface area contributed by atoms with E-state index in [-0.39, 0.29) is 12.3 Å². The summed E-state index contributed by atoms with van der Waals surface area (Å²) in [6.45, 7) is 6.70. The summed E-state index contributed by atoms with van der Waals surface area (Å²) in [7, 11) is 0. The summed E-state index contributed by atoms with van der Waals surface area (Å²) in [5.74, 6) is -0.299. The molecule has 5 nitrogen and oxygen atoms in total. The minimum absolute atomic E-state index is 0.184. The lowest BCUT2D eigenvalue weighted by Crippen LogP contribution is -2.56. The van der Waals surface area contributed by atoms with Crippen LogP contribution < -0.4 is 11.1 Å². The van der Waals surface area contributed by atoms with Gasteiger partial charge in [0.05, 0.1) is 12.1 Å². The number of fused-ring (bicyclic) bond motifs is 1. The maximum atomic E-state index is 11.9. The van der Waals surface area contributed by atoms with Crippen molar-refractivity contribution in [2.45, 2.75) is 25.4 Å². The van der Waals surface area contributed by atoms with Gasteiger partial charge in [-0.05, 0) is 25.1 Å². The summed E-state index contributed by atoms with van der Waals surface area (Å²) in [6, 6.07) is 7.47. The molecule has 0 radical (unpaired) electrons. The Kier molecular flexibility index (Phi) is 4.33. The van der Waals surface area contributed by atoms with Gasteiger partial charge in [-0.15, -0.1) is 6.58 Å². The normalized spacial score (nSPS) is 14.0. The lowest BCUT2D eigenvalue weighted by atomic mass is 9.98. The Labute approximate surface area is 124 Å². The van der Waals surface area contributed by atoms with E-state index in [0.717, 1.165) is 17.3 Å². The minimum atomic E-state index is -1.04. The topological polar surface area (TPSA) is 80.3 Å². The van der Waals surface area contributed by atoms with Crippen molar-refractivity contribution in [2.75, 3.05) is 6.54 Å². The molecule has 1 aromatic heterocycles. The number of aromatic nitrogens is 1. The minimum Gasteiger partial charge on any atom is -0.506 e. The largest absolute Gasteiger partial charge is 0.506 e. The standard InChI is InChI=1S/C16H21N3O2/c1-3-9-18-16(4-2,15(17)21)11-19-10-14(20)12-7-5-6-8-13(12)19/h4-8,10,18,20H,2-3,9,11H2,1H3,(H2,17,21). The van der Waals surface area contributed by atoms with E-state index in [1.54, 1.807) is 6.20 Å². The molecule has 1 unspecified atom stereocenters. The van der Waals surface area contributed by atoms with E-state index in [1.807, 2.05) is 35.8 Å². The van der Waals surface area contributed by atoms with E-state index < -0.39 is 11.4 Å². The van der Waals surface area contributed by atoms with Crippen molar-refractivity contribution in [2.24, 2.45) is 5.73 Å². The Hall–Kier alpha value is -2.27. The molecule has 0 saturated heterocycles. The average Bonchev–Trinajstić information content (AvgIpc) is 2.80. The lowest BCUT2D eigenvalue weighted by molar-refractivity contribution is -0.123. The molecule has 2 rings (SSSR count). The summed E-state index contributed by atoms with van der Waals surface area (Å²) in [6.07, 6.45) is 4.02. The number of nitrogens with zero attached hydrogens (tertiary/aromatic N) is 1. The molecule has 4 N–H and O–H groups in total. The molecule has 0 spiro atoms. The molecule has 0 fully saturated rings. The van der Waals surface area contributed by atoms with E-state index in [4.69, 9.17) is 5.73 Å². The van der Waals surface area contributed by atoms with E-state index in [0.29, 0.717) is 6.54 Å². The number of rotatable bonds is 7. The maximum absolute atomic E-state index is 11.9. The molecular formula is C16H21N3O2. The number of benzene rings is 1. The Morgan fingerprint density at radius 1 is 1.52 bits per heavy atom. The van der Waals surface area contributed by atoms with E-state index in [9.17, 15) is 9.90 Å². The van der Waals surface area contributed by atoms with Gasteiger partial charge in [0.1, 0.15) is 11.3 Å². The molecule has 0 bridgehead atoms. The first-order valence-electron chi connectivity index (χ1n) is 6.99. The number of nitrogens with two attached hydrogens (primary N) is 1. The van der Waals surface area contributed by atoms with Gasteiger partial charge in [0.25, 0.3) is 0 Å². The summed E-state index contributed by atoms with van der Waals surface area (Å²) >= 11 is 0. The third-order valence-electron chi connectivity index (χ3n) is 3.67. The number of aromatic hydroxyl groups is 1. The first kappa shape index (κ1) is 15.1. The molecular weight excluding hydrogens is 266 g/mol. The van der Waals surface area contributed by atoms with Crippen molar-refractivity contribution in [3.63, 3.8) is 0 Å². The number of hydrogen-bond donors (Lipinski definition) is 3. The van der Waals surface area contributed by atoms with Crippen LogP contribution in [0.2, 0.25) is 0 Å². The van der Waals surface area contributed by atoms with E-state index in [1.165, 1.54) is 6.08 Å². The van der Waals surface area contributed by atoms with Crippen molar-refractivity contribution in [1.82, 2.24) is 9.88 Å². The maximum Gasteiger partial charge on any atom is 0.243 e. The third-order valence-corrected chi connectivity index (χ3v) is 3.67. The zero-order chi connectivity index (χ0) is 15.5. The van der Waals surface area contributed by atoms with Gasteiger partial charge in [0.15, 0.2) is 0 Å². The molecule has 21 heavy (non-hydrogen) atoms. The Bertz CT molecular complexity index is 663. The molecule has 2 aromatic rings. The first-order valence-corrected chi connectivity index (χ1v) is 6.99. The highest BCUT2D eigenvalue weighted by Crippen LogP contribution is 2.28. The molecule has 1 aromatic carbocycles. The van der Waals surface area contributed by atoms with Crippen LogP contribution in [0, 0.1) is 0 Å². The number of hydrogen-bond acceptors (Lipinski definition) is 3. The van der Waals surface area contributed by atoms with Gasteiger partial charge in [-0.3, -0.25) is 10.1 Å². The van der Waals surface area contributed by atoms with Crippen molar-refractivity contribution in [1.29, 1.82) is 0 Å². The zero-order valence-electron chi connectivity index (χ0n) is 12.2. The fraction of sp³-hybridized carbons (Fsp3) is 0.312. The summed E-state index contributed by atoms with van der Waals surface area (Å²) < 4.78 is 1.82. The monoisotopic (exact) mass is 287 g/mol. The smallest absolute Gasteiger partial charge is 0.243 e. The predicted octanol–water partition coefficient (Wildman–Crippen LogP) is 1.76. The van der Waals surface area contributed by atoms with Crippen LogP contribution in [0.1, 0.15) is 13.3 Å². The van der Waals surface area contributed by atoms with Gasteiger partial charge in [-0.25, -0.2) is 0 Å². The first-order chi connectivity index (χ1) is 10.0. The summed E-state index contributed by atoms with van der Waals surface area (Å²) in [5, 5.41) is 13.9. The Balaban J connectivity index is 2.43. The van der Waals surface area contributed by atoms with Gasteiger partial charge < -0.3 is 15.4 Å². The quantitative estimate of drug-likeness (QED) is 0.679. The van der Waals surface area contributed by atoms with Crippen LogP contribution in [0.5, 0.6) is 5.75 Å². The SMILES string of the molecule is C=CC(Cn1cc(O)c2ccccc21)(NCCC)C(N)=O. The van der Waals surface area contributed by atoms with Crippen LogP contribution in [0.25, 0.3) is 10.9 Å². The fourth-order valence-electron chi connectivity index (χ4n) is 2.43. The number of nitrogens with one attached hydrogen (secondary N) is 1. The van der Waals surface area contributed by atoms with Gasteiger partial charge in [-0.2, -0.15) is 0 Å². The van der Waals surface area contributed by atoms with Crippen LogP contribution in [0.3, 0.4) is 0 Å². The Morgan fingerprint density at radius 2 is 2.24 bits per heavy atom. The van der Waals surface area contributed by atoms with Crippen LogP contribution in [0.15, 0.2) is 43.1 Å². The predicted molar refractivity (Wildman–Crippen MR) is 84.0 cm³/mol. The number of primary amides is 1. The average molecular weight is 287 g/mol. The van der Waals surface area contributed by atoms with Gasteiger partial charge in [0, 0.05) is 11.6 Å². The van der Waals surface area contributed by atoms with Gasteiger partial charge in [-0.1, -0.05) is 25.1 Å². The van der Waals surface area contributed by atoms with Gasteiger partial charge in [0.2, 0.25) is 5.91 Å². The van der Waals surface area contributed by atoms with Crippen LogP contribution >= 0.6 is 0 Å². The molecule has 0 aliphatic carbocycles. The number of carbonyl (C=O) groups is 1. The number of para-hydroxylation sites is 1. The van der Waals surface area contributed by atoms with E-state index >= 15 is 0 Å². The second kappa shape index (κ2) is 6.01. The highest BCUT2D eigenvalue weighted by molar-refractivity contribution is 5.89. The van der Waals surface area contributed by atoms with Crippen LogP contribution in [-0.4, -0.2) is 27.7 Å². The van der Waals surface area contributed by atoms with Crippen molar-refractivity contribution in [3.8, 4) is 5.75 Å². The number of amides is 1. The zero-order valence-corrected chi connectivity index (χ0v) is 12.2. The van der Waals surface area contributed by atoms with Crippen LogP contribution in [-0.2, 0) is 11.3 Å². The summed E-state index contributed by atoms with van der Waals surface area (Å²) in [5.41, 5.74) is 5.38. The van der Waals surface area contributed by atoms with Crippen molar-refractivity contribution in [3.05, 3.63) is 43.1 Å². The second-order valence-corrected chi connectivity index (χ2v) is 5.13.